The first-order chi connectivity index (χ1) is 11.6. The lowest BCUT2D eigenvalue weighted by molar-refractivity contribution is -0.131. The van der Waals surface area contributed by atoms with Crippen molar-refractivity contribution >= 4 is 29.2 Å². The molecule has 0 radical (unpaired) electrons. The summed E-state index contributed by atoms with van der Waals surface area (Å²) < 4.78 is 0. The Morgan fingerprint density at radius 3 is 3.04 bits per heavy atom. The van der Waals surface area contributed by atoms with E-state index in [9.17, 15) is 14.7 Å². The number of nitrogens with one attached hydrogen (secondary N) is 1. The van der Waals surface area contributed by atoms with E-state index in [1.54, 1.807) is 11.3 Å². The molecule has 1 aliphatic carbocycles. The molecule has 128 valence electrons. The molecule has 0 aromatic carbocycles. The van der Waals surface area contributed by atoms with Gasteiger partial charge in [-0.25, -0.2) is 4.98 Å². The minimum absolute atomic E-state index is 0.194. The number of nitrogens with zero attached hydrogens (tertiary/aromatic N) is 2. The van der Waals surface area contributed by atoms with E-state index in [0.29, 0.717) is 19.4 Å². The molecule has 1 unspecified atom stereocenters. The van der Waals surface area contributed by atoms with Crippen molar-refractivity contribution in [2.75, 3.05) is 13.1 Å². The monoisotopic (exact) mass is 347 g/mol. The number of aryl methyl sites for hydroxylation is 1. The smallest absolute Gasteiger partial charge is 0.242 e. The van der Waals surface area contributed by atoms with Crippen LogP contribution in [0.2, 0.25) is 0 Å². The third-order valence-corrected chi connectivity index (χ3v) is 5.47. The third kappa shape index (κ3) is 3.57. The van der Waals surface area contributed by atoms with Crippen molar-refractivity contribution in [2.24, 2.45) is 5.92 Å². The van der Waals surface area contributed by atoms with Crippen LogP contribution in [0.4, 0.5) is 0 Å². The van der Waals surface area contributed by atoms with Gasteiger partial charge in [0.25, 0.3) is 0 Å². The number of thiazole rings is 1. The summed E-state index contributed by atoms with van der Waals surface area (Å²) in [6.07, 6.45) is 7.54. The summed E-state index contributed by atoms with van der Waals surface area (Å²) in [5.41, 5.74) is 4.07. The number of hydrogen-bond acceptors (Lipinski definition) is 5. The number of amides is 2. The van der Waals surface area contributed by atoms with Crippen LogP contribution in [0.3, 0.4) is 0 Å². The topological polar surface area (TPSA) is 82.5 Å². The molecule has 1 aliphatic heterocycles. The maximum Gasteiger partial charge on any atom is 0.242 e. The molecule has 3 atom stereocenters. The Balaban J connectivity index is 1.51. The molecule has 2 amide bonds. The van der Waals surface area contributed by atoms with E-state index < -0.39 is 12.1 Å². The number of allylic oxidation sites excluding steroid dienone is 3. The highest BCUT2D eigenvalue weighted by Gasteiger charge is 2.35. The SMILES string of the molecule is Cc1ncsc1C1=CCC(CNC(=O)[C@@H]2C[C@@H](O)CN2C=O)C=C1. The molecule has 0 spiro atoms. The van der Waals surface area contributed by atoms with Gasteiger partial charge in [0.1, 0.15) is 6.04 Å². The Kier molecular flexibility index (Phi) is 5.11. The zero-order chi connectivity index (χ0) is 17.1. The maximum atomic E-state index is 12.2. The van der Waals surface area contributed by atoms with Gasteiger partial charge >= 0.3 is 0 Å². The Bertz CT molecular complexity index is 682. The number of hydrogen-bond donors (Lipinski definition) is 2. The lowest BCUT2D eigenvalue weighted by Gasteiger charge is -2.21. The van der Waals surface area contributed by atoms with Gasteiger partial charge in [-0.2, -0.15) is 0 Å². The van der Waals surface area contributed by atoms with E-state index in [1.807, 2.05) is 12.4 Å². The van der Waals surface area contributed by atoms with Gasteiger partial charge < -0.3 is 15.3 Å². The van der Waals surface area contributed by atoms with Gasteiger partial charge in [-0.3, -0.25) is 9.59 Å². The predicted molar refractivity (Wildman–Crippen MR) is 92.3 cm³/mol. The lowest BCUT2D eigenvalue weighted by atomic mass is 9.95. The Hall–Kier alpha value is -1.99. The molecular weight excluding hydrogens is 326 g/mol. The molecule has 24 heavy (non-hydrogen) atoms. The summed E-state index contributed by atoms with van der Waals surface area (Å²) in [6.45, 7) is 2.76. The van der Waals surface area contributed by atoms with Crippen LogP contribution in [0.15, 0.2) is 23.7 Å². The first-order valence-electron chi connectivity index (χ1n) is 8.04. The second-order valence-electron chi connectivity index (χ2n) is 6.23. The zero-order valence-electron chi connectivity index (χ0n) is 13.5. The second-order valence-corrected chi connectivity index (χ2v) is 7.09. The van der Waals surface area contributed by atoms with Gasteiger partial charge in [0, 0.05) is 19.5 Å². The first kappa shape index (κ1) is 16.9. The fraction of sp³-hybridized carbons (Fsp3) is 0.471. The van der Waals surface area contributed by atoms with Crippen LogP contribution in [0.1, 0.15) is 23.4 Å². The van der Waals surface area contributed by atoms with E-state index in [4.69, 9.17) is 0 Å². The van der Waals surface area contributed by atoms with Crippen molar-refractivity contribution in [3.63, 3.8) is 0 Å². The van der Waals surface area contributed by atoms with E-state index in [1.165, 1.54) is 15.4 Å². The van der Waals surface area contributed by atoms with E-state index in [-0.39, 0.29) is 18.4 Å². The molecule has 2 heterocycles. The molecule has 2 N–H and O–H groups in total. The number of aromatic nitrogens is 1. The maximum absolute atomic E-state index is 12.2. The fourth-order valence-electron chi connectivity index (χ4n) is 3.13. The average molecular weight is 347 g/mol. The first-order valence-corrected chi connectivity index (χ1v) is 8.92. The summed E-state index contributed by atoms with van der Waals surface area (Å²) in [5, 5.41) is 12.5. The molecule has 1 aromatic rings. The molecular formula is C17H21N3O3S. The summed E-state index contributed by atoms with van der Waals surface area (Å²) in [5.74, 6) is 0.0436. The molecule has 1 fully saturated rings. The molecule has 1 aromatic heterocycles. The minimum atomic E-state index is -0.617. The van der Waals surface area contributed by atoms with Gasteiger partial charge in [-0.1, -0.05) is 18.2 Å². The molecule has 0 saturated carbocycles. The average Bonchev–Trinajstić information content (AvgIpc) is 3.18. The summed E-state index contributed by atoms with van der Waals surface area (Å²) in [6, 6.07) is -0.559. The number of carbonyl (C=O) groups is 2. The van der Waals surface area contributed by atoms with Crippen LogP contribution in [0, 0.1) is 12.8 Å². The van der Waals surface area contributed by atoms with E-state index >= 15 is 0 Å². The highest BCUT2D eigenvalue weighted by Crippen LogP contribution is 2.28. The number of rotatable bonds is 5. The number of aliphatic hydroxyl groups is 1. The highest BCUT2D eigenvalue weighted by atomic mass is 32.1. The van der Waals surface area contributed by atoms with Gasteiger partial charge in [-0.15, -0.1) is 11.3 Å². The predicted octanol–water partition coefficient (Wildman–Crippen LogP) is 1.12. The Labute approximate surface area is 144 Å². The highest BCUT2D eigenvalue weighted by molar-refractivity contribution is 7.11. The normalized spacial score (nSPS) is 26.3. The largest absolute Gasteiger partial charge is 0.391 e. The number of aliphatic hydroxyl groups excluding tert-OH is 1. The second kappa shape index (κ2) is 7.27. The zero-order valence-corrected chi connectivity index (χ0v) is 14.3. The number of carbonyl (C=O) groups excluding carboxylic acids is 2. The number of β-amino-alcohol motifs (C(OH)–C–C–N with tert-alkyl or cyclic N) is 1. The molecule has 1 saturated heterocycles. The Morgan fingerprint density at radius 2 is 2.42 bits per heavy atom. The molecule has 6 nitrogen and oxygen atoms in total. The Morgan fingerprint density at radius 1 is 1.58 bits per heavy atom. The van der Waals surface area contributed by atoms with Crippen LogP contribution in [0.5, 0.6) is 0 Å². The quantitative estimate of drug-likeness (QED) is 0.782. The van der Waals surface area contributed by atoms with E-state index in [2.05, 4.69) is 28.5 Å². The van der Waals surface area contributed by atoms with Crippen LogP contribution in [-0.4, -0.2) is 52.5 Å². The van der Waals surface area contributed by atoms with Crippen molar-refractivity contribution in [1.82, 2.24) is 15.2 Å². The van der Waals surface area contributed by atoms with Crippen molar-refractivity contribution in [2.45, 2.75) is 31.9 Å². The molecule has 7 heteroatoms. The fourth-order valence-corrected chi connectivity index (χ4v) is 3.95. The van der Waals surface area contributed by atoms with Gasteiger partial charge in [0.05, 0.1) is 22.2 Å². The number of likely N-dealkylation sites (tertiary alicyclic amines) is 1. The molecule has 0 bridgehead atoms. The van der Waals surface area contributed by atoms with E-state index in [0.717, 1.165) is 12.1 Å². The van der Waals surface area contributed by atoms with Crippen LogP contribution in [-0.2, 0) is 9.59 Å². The third-order valence-electron chi connectivity index (χ3n) is 4.49. The standard InChI is InChI=1S/C17H21N3O3S/c1-11-16(24-9-19-11)13-4-2-12(3-5-13)7-18-17(23)15-6-14(22)8-20(15)10-21/h2,4-5,9-10,12,14-15,22H,3,6-8H2,1H3,(H,18,23)/t12?,14-,15+/m1/s1. The summed E-state index contributed by atoms with van der Waals surface area (Å²) in [4.78, 5) is 30.0. The van der Waals surface area contributed by atoms with Crippen LogP contribution in [0.25, 0.3) is 5.57 Å². The molecule has 2 aliphatic rings. The van der Waals surface area contributed by atoms with Crippen molar-refractivity contribution in [3.05, 3.63) is 34.3 Å². The van der Waals surface area contributed by atoms with Crippen molar-refractivity contribution in [1.29, 1.82) is 0 Å². The summed E-state index contributed by atoms with van der Waals surface area (Å²) in [7, 11) is 0. The van der Waals surface area contributed by atoms with Gasteiger partial charge in [-0.05, 0) is 24.8 Å². The van der Waals surface area contributed by atoms with Gasteiger partial charge in [0.15, 0.2) is 0 Å². The van der Waals surface area contributed by atoms with Crippen LogP contribution >= 0.6 is 11.3 Å². The van der Waals surface area contributed by atoms with Crippen LogP contribution < -0.4 is 5.32 Å². The van der Waals surface area contributed by atoms with Crippen molar-refractivity contribution in [3.8, 4) is 0 Å². The molecule has 3 rings (SSSR count). The van der Waals surface area contributed by atoms with Gasteiger partial charge in [0.2, 0.25) is 12.3 Å². The summed E-state index contributed by atoms with van der Waals surface area (Å²) >= 11 is 1.63. The lowest BCUT2D eigenvalue weighted by Crippen LogP contribution is -2.43. The van der Waals surface area contributed by atoms with Crippen molar-refractivity contribution < 1.29 is 14.7 Å². The minimum Gasteiger partial charge on any atom is -0.391 e.